The quantitative estimate of drug-likeness (QED) is 0.618. The molecule has 2 aliphatic carbocycles. The molecule has 6 atom stereocenters. The van der Waals surface area contributed by atoms with Crippen LogP contribution in [0.4, 0.5) is 0 Å². The van der Waals surface area contributed by atoms with Gasteiger partial charge in [0.25, 0.3) is 0 Å². The van der Waals surface area contributed by atoms with E-state index in [1.54, 1.807) is 0 Å². The third-order valence-electron chi connectivity index (χ3n) is 5.38. The molecule has 0 saturated heterocycles. The van der Waals surface area contributed by atoms with Gasteiger partial charge < -0.3 is 20.1 Å². The maximum absolute atomic E-state index is 11.1. The second-order valence-electron chi connectivity index (χ2n) is 7.16. The maximum atomic E-state index is 11.1. The van der Waals surface area contributed by atoms with Gasteiger partial charge in [-0.1, -0.05) is 25.2 Å². The van der Waals surface area contributed by atoms with E-state index in [1.165, 1.54) is 12.7 Å². The number of allylic oxidation sites excluding steroid dienone is 3. The number of carbonyl (C=O) groups excluding carboxylic acids is 1. The van der Waals surface area contributed by atoms with Gasteiger partial charge in [0.2, 0.25) is 0 Å². The van der Waals surface area contributed by atoms with Crippen molar-refractivity contribution in [2.45, 2.75) is 63.8 Å². The van der Waals surface area contributed by atoms with Crippen molar-refractivity contribution in [2.75, 3.05) is 7.11 Å². The summed E-state index contributed by atoms with van der Waals surface area (Å²) < 4.78 is 4.52. The van der Waals surface area contributed by atoms with Gasteiger partial charge in [-0.3, -0.25) is 4.79 Å². The van der Waals surface area contributed by atoms with E-state index >= 15 is 0 Å². The zero-order valence-electron chi connectivity index (χ0n) is 14.6. The minimum Gasteiger partial charge on any atom is -0.469 e. The Morgan fingerprint density at radius 1 is 1.38 bits per heavy atom. The number of ether oxygens (including phenoxy) is 1. The molecule has 136 valence electrons. The molecule has 24 heavy (non-hydrogen) atoms. The van der Waals surface area contributed by atoms with Crippen LogP contribution in [0.5, 0.6) is 0 Å². The lowest BCUT2D eigenvalue weighted by atomic mass is 9.66. The summed E-state index contributed by atoms with van der Waals surface area (Å²) in [5.74, 6) is 0.322. The van der Waals surface area contributed by atoms with Crippen molar-refractivity contribution in [2.24, 2.45) is 17.8 Å². The number of aliphatic hydroxyl groups excluding tert-OH is 3. The first-order valence-corrected chi connectivity index (χ1v) is 8.91. The van der Waals surface area contributed by atoms with Gasteiger partial charge in [-0.2, -0.15) is 0 Å². The van der Waals surface area contributed by atoms with Gasteiger partial charge >= 0.3 is 5.97 Å². The van der Waals surface area contributed by atoms with Crippen LogP contribution in [0.3, 0.4) is 0 Å². The van der Waals surface area contributed by atoms with Crippen molar-refractivity contribution in [1.29, 1.82) is 0 Å². The summed E-state index contributed by atoms with van der Waals surface area (Å²) in [6, 6.07) is 0. The molecule has 0 aliphatic heterocycles. The van der Waals surface area contributed by atoms with Crippen LogP contribution in [0.2, 0.25) is 0 Å². The van der Waals surface area contributed by atoms with Crippen molar-refractivity contribution < 1.29 is 24.9 Å². The highest BCUT2D eigenvalue weighted by atomic mass is 16.5. The molecular formula is C19H30O5. The summed E-state index contributed by atoms with van der Waals surface area (Å²) in [5, 5.41) is 30.4. The highest BCUT2D eigenvalue weighted by Crippen LogP contribution is 2.42. The predicted molar refractivity (Wildman–Crippen MR) is 91.1 cm³/mol. The van der Waals surface area contributed by atoms with Gasteiger partial charge in [-0.25, -0.2) is 0 Å². The van der Waals surface area contributed by atoms with Crippen molar-refractivity contribution >= 4 is 5.97 Å². The summed E-state index contributed by atoms with van der Waals surface area (Å²) in [6.45, 7) is 2.15. The third-order valence-corrected chi connectivity index (χ3v) is 5.38. The van der Waals surface area contributed by atoms with E-state index in [0.29, 0.717) is 18.3 Å². The molecule has 3 N–H and O–H groups in total. The number of rotatable bonds is 7. The predicted octanol–water partition coefficient (Wildman–Crippen LogP) is 1.96. The van der Waals surface area contributed by atoms with Crippen LogP contribution in [0.1, 0.15) is 45.4 Å². The van der Waals surface area contributed by atoms with Crippen molar-refractivity contribution in [3.05, 3.63) is 23.8 Å². The fourth-order valence-corrected chi connectivity index (χ4v) is 4.02. The van der Waals surface area contributed by atoms with E-state index in [9.17, 15) is 20.1 Å². The summed E-state index contributed by atoms with van der Waals surface area (Å²) in [6.07, 6.45) is 7.80. The summed E-state index contributed by atoms with van der Waals surface area (Å²) in [4.78, 5) is 11.1. The Morgan fingerprint density at radius 2 is 2.12 bits per heavy atom. The van der Waals surface area contributed by atoms with Gasteiger partial charge in [0.1, 0.15) is 0 Å². The zero-order chi connectivity index (χ0) is 17.7. The number of hydrogen-bond acceptors (Lipinski definition) is 5. The fourth-order valence-electron chi connectivity index (χ4n) is 4.02. The lowest BCUT2D eigenvalue weighted by Crippen LogP contribution is -2.37. The molecule has 5 nitrogen and oxygen atoms in total. The van der Waals surface area contributed by atoms with E-state index in [-0.39, 0.29) is 24.9 Å². The second kappa shape index (κ2) is 8.79. The van der Waals surface area contributed by atoms with Crippen LogP contribution in [-0.4, -0.2) is 46.7 Å². The van der Waals surface area contributed by atoms with Crippen molar-refractivity contribution in [3.63, 3.8) is 0 Å². The first-order chi connectivity index (χ1) is 11.4. The number of aliphatic hydroxyl groups is 3. The normalized spacial score (nSPS) is 31.8. The number of fused-ring (bicyclic) bond motifs is 1. The zero-order valence-corrected chi connectivity index (χ0v) is 14.6. The van der Waals surface area contributed by atoms with E-state index in [0.717, 1.165) is 19.3 Å². The molecule has 0 aromatic carbocycles. The monoisotopic (exact) mass is 338 g/mol. The second-order valence-corrected chi connectivity index (χ2v) is 7.16. The molecule has 2 aliphatic rings. The summed E-state index contributed by atoms with van der Waals surface area (Å²) in [7, 11) is 1.28. The van der Waals surface area contributed by atoms with Crippen LogP contribution in [0, 0.1) is 17.8 Å². The van der Waals surface area contributed by atoms with E-state index in [4.69, 9.17) is 0 Å². The van der Waals surface area contributed by atoms with Crippen molar-refractivity contribution in [1.82, 2.24) is 0 Å². The summed E-state index contributed by atoms with van der Waals surface area (Å²) >= 11 is 0. The molecule has 0 amide bonds. The Labute approximate surface area is 144 Å². The molecular weight excluding hydrogens is 308 g/mol. The Balaban J connectivity index is 1.88. The molecule has 0 bridgehead atoms. The topological polar surface area (TPSA) is 87.0 Å². The lowest BCUT2D eigenvalue weighted by molar-refractivity contribution is -0.143. The van der Waals surface area contributed by atoms with Crippen LogP contribution in [0.25, 0.3) is 0 Å². The van der Waals surface area contributed by atoms with Gasteiger partial charge in [-0.05, 0) is 49.5 Å². The van der Waals surface area contributed by atoms with Crippen LogP contribution in [0.15, 0.2) is 23.8 Å². The van der Waals surface area contributed by atoms with Gasteiger partial charge in [-0.15, -0.1) is 0 Å². The first-order valence-electron chi connectivity index (χ1n) is 8.91. The highest BCUT2D eigenvalue weighted by molar-refractivity contribution is 5.69. The molecule has 2 rings (SSSR count). The molecule has 0 radical (unpaired) electrons. The highest BCUT2D eigenvalue weighted by Gasteiger charge is 2.37. The van der Waals surface area contributed by atoms with Gasteiger partial charge in [0, 0.05) is 5.92 Å². The molecule has 5 heteroatoms. The lowest BCUT2D eigenvalue weighted by Gasteiger charge is -2.40. The fraction of sp³-hybridized carbons (Fsp3) is 0.737. The maximum Gasteiger partial charge on any atom is 0.308 e. The smallest absolute Gasteiger partial charge is 0.308 e. The molecule has 0 aromatic rings. The average Bonchev–Trinajstić information content (AvgIpc) is 2.54. The Kier molecular flexibility index (Phi) is 7.02. The van der Waals surface area contributed by atoms with E-state index in [2.05, 4.69) is 29.9 Å². The van der Waals surface area contributed by atoms with Crippen LogP contribution in [-0.2, 0) is 9.53 Å². The minimum atomic E-state index is -0.883. The Bertz CT molecular complexity index is 484. The van der Waals surface area contributed by atoms with Crippen molar-refractivity contribution in [3.8, 4) is 0 Å². The average molecular weight is 338 g/mol. The number of methoxy groups -OCH3 is 1. The number of esters is 1. The third kappa shape index (κ3) is 4.91. The SMILES string of the molecule is COC(=O)CC(O)CC(O)CCC1C(C)C=CC2=CCCC(O)C21. The Hall–Kier alpha value is -1.17. The minimum absolute atomic E-state index is 0.0929. The number of hydrogen-bond donors (Lipinski definition) is 3. The molecule has 6 unspecified atom stereocenters. The first kappa shape index (κ1) is 19.2. The van der Waals surface area contributed by atoms with E-state index < -0.39 is 18.2 Å². The van der Waals surface area contributed by atoms with Crippen LogP contribution < -0.4 is 0 Å². The molecule has 0 aromatic heterocycles. The molecule has 0 saturated carbocycles. The standard InChI is InChI=1S/C19H30O5/c1-12-6-7-13-4-3-5-17(22)19(13)16(12)9-8-14(20)10-15(21)11-18(23)24-2/h4,6-7,12,14-17,19-22H,3,5,8-11H2,1-2H3. The molecule has 0 spiro atoms. The molecule has 0 fully saturated rings. The Morgan fingerprint density at radius 3 is 2.83 bits per heavy atom. The number of carbonyl (C=O) groups is 1. The largest absolute Gasteiger partial charge is 0.469 e. The van der Waals surface area contributed by atoms with Gasteiger partial charge in [0.15, 0.2) is 0 Å². The van der Waals surface area contributed by atoms with E-state index in [1.807, 2.05) is 0 Å². The van der Waals surface area contributed by atoms with Gasteiger partial charge in [0.05, 0.1) is 31.8 Å². The molecule has 0 heterocycles. The van der Waals surface area contributed by atoms with Crippen LogP contribution >= 0.6 is 0 Å². The summed E-state index contributed by atoms with van der Waals surface area (Å²) in [5.41, 5.74) is 1.22.